The fourth-order valence-electron chi connectivity index (χ4n) is 2.90. The summed E-state index contributed by atoms with van der Waals surface area (Å²) in [6, 6.07) is 1.83. The summed E-state index contributed by atoms with van der Waals surface area (Å²) in [6.45, 7) is 6.34. The van der Waals surface area contributed by atoms with E-state index in [0.717, 1.165) is 12.1 Å². The van der Waals surface area contributed by atoms with Crippen molar-refractivity contribution in [3.05, 3.63) is 33.4 Å². The lowest BCUT2D eigenvalue weighted by atomic mass is 9.97. The van der Waals surface area contributed by atoms with Gasteiger partial charge in [0.1, 0.15) is 0 Å². The summed E-state index contributed by atoms with van der Waals surface area (Å²) in [5.74, 6) is -0.719. The number of nitrogens with zero attached hydrogens (tertiary/aromatic N) is 1. The van der Waals surface area contributed by atoms with Crippen LogP contribution in [0.15, 0.2) is 17.0 Å². The molecule has 0 bridgehead atoms. The van der Waals surface area contributed by atoms with Crippen molar-refractivity contribution in [2.75, 3.05) is 19.7 Å². The van der Waals surface area contributed by atoms with E-state index in [1.54, 1.807) is 6.92 Å². The maximum atomic E-state index is 12.8. The molecule has 2 unspecified atom stereocenters. The molecule has 1 aromatic carbocycles. The van der Waals surface area contributed by atoms with E-state index in [-0.39, 0.29) is 47.0 Å². The number of hydrogen-bond acceptors (Lipinski definition) is 7. The van der Waals surface area contributed by atoms with Gasteiger partial charge in [0.05, 0.1) is 22.0 Å². The first-order valence-electron chi connectivity index (χ1n) is 8.36. The fourth-order valence-corrected chi connectivity index (χ4v) is 4.32. The van der Waals surface area contributed by atoms with E-state index in [1.165, 1.54) is 6.92 Å². The Morgan fingerprint density at radius 1 is 1.44 bits per heavy atom. The first-order chi connectivity index (χ1) is 12.2. The van der Waals surface area contributed by atoms with Crippen molar-refractivity contribution < 1.29 is 22.9 Å². The topological polar surface area (TPSA) is 128 Å². The van der Waals surface area contributed by atoms with Gasteiger partial charge in [0.15, 0.2) is 0 Å². The molecule has 1 heterocycles. The van der Waals surface area contributed by atoms with Crippen molar-refractivity contribution in [3.8, 4) is 0 Å². The highest BCUT2D eigenvalue weighted by atomic mass is 35.5. The molecular formula is C16H24ClN3O6S. The van der Waals surface area contributed by atoms with Gasteiger partial charge in [0, 0.05) is 17.7 Å². The van der Waals surface area contributed by atoms with E-state index in [1.807, 2.05) is 6.92 Å². The average molecular weight is 422 g/mol. The minimum atomic E-state index is -4.03. The first kappa shape index (κ1) is 23.3. The van der Waals surface area contributed by atoms with Crippen molar-refractivity contribution in [1.29, 1.82) is 0 Å². The molecule has 0 radical (unpaired) electrons. The van der Waals surface area contributed by atoms with Crippen LogP contribution in [-0.4, -0.2) is 45.0 Å². The zero-order valence-corrected chi connectivity index (χ0v) is 17.0. The fraction of sp³-hybridized carbons (Fsp3) is 0.562. The number of carbonyl (C=O) groups is 1. The molecule has 11 heteroatoms. The number of rotatable bonds is 6. The van der Waals surface area contributed by atoms with E-state index in [9.17, 15) is 23.3 Å². The van der Waals surface area contributed by atoms with Crippen molar-refractivity contribution >= 4 is 34.1 Å². The number of hydrogen-bond donors (Lipinski definition) is 2. The molecule has 0 saturated carbocycles. The molecule has 2 rings (SSSR count). The SMILES string of the molecule is CCOC(=O)c1cc(S(=O)(=O)NC2CCNCC2C)cc([N+](=O)[O-])c1C.Cl. The molecule has 0 amide bonds. The summed E-state index contributed by atoms with van der Waals surface area (Å²) in [5.41, 5.74) is -0.489. The average Bonchev–Trinajstić information content (AvgIpc) is 2.56. The molecule has 2 atom stereocenters. The third-order valence-electron chi connectivity index (χ3n) is 4.45. The number of ether oxygens (including phenoxy) is 1. The number of nitro benzene ring substituents is 1. The number of carbonyl (C=O) groups excluding carboxylic acids is 1. The molecule has 0 aliphatic carbocycles. The molecule has 1 fully saturated rings. The van der Waals surface area contributed by atoms with Crippen LogP contribution >= 0.6 is 12.4 Å². The van der Waals surface area contributed by atoms with Crippen LogP contribution in [-0.2, 0) is 14.8 Å². The Morgan fingerprint density at radius 2 is 2.11 bits per heavy atom. The highest BCUT2D eigenvalue weighted by molar-refractivity contribution is 7.89. The van der Waals surface area contributed by atoms with Crippen LogP contribution in [0.2, 0.25) is 0 Å². The van der Waals surface area contributed by atoms with Gasteiger partial charge in [-0.15, -0.1) is 12.4 Å². The Morgan fingerprint density at radius 3 is 2.67 bits per heavy atom. The van der Waals surface area contributed by atoms with Crippen LogP contribution in [0, 0.1) is 23.0 Å². The summed E-state index contributed by atoms with van der Waals surface area (Å²) < 4.78 is 33.0. The molecule has 1 aromatic rings. The smallest absolute Gasteiger partial charge is 0.338 e. The van der Waals surface area contributed by atoms with E-state index in [2.05, 4.69) is 10.0 Å². The molecule has 0 spiro atoms. The summed E-state index contributed by atoms with van der Waals surface area (Å²) in [4.78, 5) is 22.4. The number of nitro groups is 1. The molecule has 1 aliphatic heterocycles. The van der Waals surface area contributed by atoms with E-state index >= 15 is 0 Å². The van der Waals surface area contributed by atoms with Crippen LogP contribution in [0.5, 0.6) is 0 Å². The molecule has 152 valence electrons. The minimum Gasteiger partial charge on any atom is -0.462 e. The van der Waals surface area contributed by atoms with E-state index < -0.39 is 26.6 Å². The van der Waals surface area contributed by atoms with Gasteiger partial charge in [-0.1, -0.05) is 6.92 Å². The van der Waals surface area contributed by atoms with Gasteiger partial charge in [-0.2, -0.15) is 0 Å². The standard InChI is InChI=1S/C16H23N3O6S.ClH/c1-4-25-16(20)13-7-12(8-15(11(13)3)19(21)22)26(23,24)18-14-5-6-17-9-10(14)2;/h7-8,10,14,17-18H,4-6,9H2,1-3H3;1H. The Labute approximate surface area is 164 Å². The van der Waals surface area contributed by atoms with Crippen molar-refractivity contribution in [3.63, 3.8) is 0 Å². The van der Waals surface area contributed by atoms with Gasteiger partial charge in [0.2, 0.25) is 10.0 Å². The van der Waals surface area contributed by atoms with Gasteiger partial charge in [-0.3, -0.25) is 10.1 Å². The lowest BCUT2D eigenvalue weighted by molar-refractivity contribution is -0.385. The highest BCUT2D eigenvalue weighted by Gasteiger charge is 2.30. The Hall–Kier alpha value is -1.75. The van der Waals surface area contributed by atoms with Crippen molar-refractivity contribution in [1.82, 2.24) is 10.0 Å². The lowest BCUT2D eigenvalue weighted by Gasteiger charge is -2.30. The Balaban J connectivity index is 0.00000364. The van der Waals surface area contributed by atoms with Gasteiger partial charge in [-0.05, 0) is 45.3 Å². The second-order valence-electron chi connectivity index (χ2n) is 6.29. The van der Waals surface area contributed by atoms with Gasteiger partial charge >= 0.3 is 5.97 Å². The van der Waals surface area contributed by atoms with Gasteiger partial charge in [0.25, 0.3) is 5.69 Å². The quantitative estimate of drug-likeness (QED) is 0.407. The number of nitrogens with one attached hydrogen (secondary N) is 2. The number of halogens is 1. The van der Waals surface area contributed by atoms with Crippen LogP contribution in [0.25, 0.3) is 0 Å². The normalized spacial score (nSPS) is 19.8. The lowest BCUT2D eigenvalue weighted by Crippen LogP contribution is -2.48. The summed E-state index contributed by atoms with van der Waals surface area (Å²) in [7, 11) is -4.03. The summed E-state index contributed by atoms with van der Waals surface area (Å²) in [5, 5.41) is 14.5. The molecule has 1 aliphatic rings. The molecule has 2 N–H and O–H groups in total. The third-order valence-corrected chi connectivity index (χ3v) is 5.92. The molecule has 9 nitrogen and oxygen atoms in total. The maximum Gasteiger partial charge on any atom is 0.338 e. The second kappa shape index (κ2) is 9.45. The largest absolute Gasteiger partial charge is 0.462 e. The minimum absolute atomic E-state index is 0. The second-order valence-corrected chi connectivity index (χ2v) is 8.00. The van der Waals surface area contributed by atoms with Crippen molar-refractivity contribution in [2.45, 2.75) is 38.1 Å². The van der Waals surface area contributed by atoms with Gasteiger partial charge in [-0.25, -0.2) is 17.9 Å². The van der Waals surface area contributed by atoms with Crippen LogP contribution < -0.4 is 10.0 Å². The highest BCUT2D eigenvalue weighted by Crippen LogP contribution is 2.27. The summed E-state index contributed by atoms with van der Waals surface area (Å²) >= 11 is 0. The van der Waals surface area contributed by atoms with E-state index in [0.29, 0.717) is 19.5 Å². The number of sulfonamides is 1. The van der Waals surface area contributed by atoms with Crippen LogP contribution in [0.4, 0.5) is 5.69 Å². The molecule has 0 aromatic heterocycles. The predicted molar refractivity (Wildman–Crippen MR) is 102 cm³/mol. The Bertz CT molecular complexity index is 815. The van der Waals surface area contributed by atoms with Crippen molar-refractivity contribution in [2.24, 2.45) is 5.92 Å². The summed E-state index contributed by atoms with van der Waals surface area (Å²) in [6.07, 6.45) is 0.610. The Kier molecular flexibility index (Phi) is 8.15. The number of piperidine rings is 1. The van der Waals surface area contributed by atoms with Crippen LogP contribution in [0.3, 0.4) is 0 Å². The number of esters is 1. The van der Waals surface area contributed by atoms with Gasteiger partial charge < -0.3 is 10.1 Å². The third kappa shape index (κ3) is 5.38. The molecule has 27 heavy (non-hydrogen) atoms. The zero-order valence-electron chi connectivity index (χ0n) is 15.4. The molecular weight excluding hydrogens is 398 g/mol. The van der Waals surface area contributed by atoms with Crippen LogP contribution in [0.1, 0.15) is 36.2 Å². The first-order valence-corrected chi connectivity index (χ1v) is 9.85. The predicted octanol–water partition coefficient (Wildman–Crippen LogP) is 1.78. The zero-order chi connectivity index (χ0) is 19.5. The maximum absolute atomic E-state index is 12.8. The number of benzene rings is 1. The molecule has 1 saturated heterocycles. The monoisotopic (exact) mass is 421 g/mol. The van der Waals surface area contributed by atoms with E-state index in [4.69, 9.17) is 4.74 Å².